The van der Waals surface area contributed by atoms with Crippen LogP contribution in [0.3, 0.4) is 0 Å². The minimum atomic E-state index is -0.273. The number of halogens is 1. The second-order valence-corrected chi connectivity index (χ2v) is 5.13. The Morgan fingerprint density at radius 1 is 1.41 bits per heavy atom. The lowest BCUT2D eigenvalue weighted by atomic mass is 9.82. The molecule has 17 heavy (non-hydrogen) atoms. The molecule has 0 aliphatic heterocycles. The lowest BCUT2D eigenvalue weighted by molar-refractivity contribution is 0.172. The van der Waals surface area contributed by atoms with Crippen molar-refractivity contribution in [1.82, 2.24) is 4.98 Å². The Balaban J connectivity index is 2.17. The number of aliphatic hydroxyl groups excluding tert-OH is 1. The van der Waals surface area contributed by atoms with Gasteiger partial charge in [0.2, 0.25) is 0 Å². The zero-order valence-corrected chi connectivity index (χ0v) is 10.5. The molecule has 1 fully saturated rings. The van der Waals surface area contributed by atoms with Crippen LogP contribution < -0.4 is 11.1 Å². The van der Waals surface area contributed by atoms with Crippen molar-refractivity contribution >= 4 is 23.1 Å². The molecule has 0 saturated heterocycles. The van der Waals surface area contributed by atoms with E-state index in [9.17, 15) is 5.11 Å². The molecule has 4 N–H and O–H groups in total. The molecule has 1 aromatic rings. The number of hydrogen-bond donors (Lipinski definition) is 3. The van der Waals surface area contributed by atoms with Gasteiger partial charge in [-0.05, 0) is 18.9 Å². The normalized spacial score (nSPS) is 18.9. The zero-order chi connectivity index (χ0) is 12.3. The van der Waals surface area contributed by atoms with E-state index >= 15 is 0 Å². The van der Waals surface area contributed by atoms with Crippen molar-refractivity contribution < 1.29 is 5.11 Å². The van der Waals surface area contributed by atoms with Crippen LogP contribution in [-0.4, -0.2) is 22.2 Å². The largest absolute Gasteiger partial charge is 0.397 e. The SMILES string of the molecule is Nc1cnc(NC2(CO)CCCCC2)c(Cl)c1. The van der Waals surface area contributed by atoms with E-state index in [1.165, 1.54) is 6.42 Å². The molecule has 0 atom stereocenters. The fraction of sp³-hybridized carbons (Fsp3) is 0.583. The molecule has 5 heteroatoms. The molecular weight excluding hydrogens is 238 g/mol. The van der Waals surface area contributed by atoms with E-state index < -0.39 is 0 Å². The first-order valence-corrected chi connectivity index (χ1v) is 6.33. The van der Waals surface area contributed by atoms with Gasteiger partial charge in [0.1, 0.15) is 5.82 Å². The van der Waals surface area contributed by atoms with E-state index in [1.807, 2.05) is 0 Å². The Kier molecular flexibility index (Phi) is 3.74. The molecule has 1 aliphatic rings. The second kappa shape index (κ2) is 5.10. The molecule has 0 spiro atoms. The average Bonchev–Trinajstić information content (AvgIpc) is 2.34. The first kappa shape index (κ1) is 12.5. The summed E-state index contributed by atoms with van der Waals surface area (Å²) >= 11 is 6.08. The van der Waals surface area contributed by atoms with Gasteiger partial charge in [0.05, 0.1) is 29.1 Å². The van der Waals surface area contributed by atoms with Crippen LogP contribution in [0.4, 0.5) is 11.5 Å². The number of aliphatic hydroxyl groups is 1. The van der Waals surface area contributed by atoms with Crippen LogP contribution in [0.2, 0.25) is 5.02 Å². The van der Waals surface area contributed by atoms with Crippen LogP contribution in [-0.2, 0) is 0 Å². The van der Waals surface area contributed by atoms with Gasteiger partial charge in [-0.15, -0.1) is 0 Å². The number of nitrogens with one attached hydrogen (secondary N) is 1. The summed E-state index contributed by atoms with van der Waals surface area (Å²) in [6.07, 6.45) is 6.95. The van der Waals surface area contributed by atoms with E-state index in [2.05, 4.69) is 10.3 Å². The first-order chi connectivity index (χ1) is 8.15. The summed E-state index contributed by atoms with van der Waals surface area (Å²) in [7, 11) is 0. The number of nitrogen functional groups attached to an aromatic ring is 1. The van der Waals surface area contributed by atoms with E-state index in [1.54, 1.807) is 12.3 Å². The van der Waals surface area contributed by atoms with Crippen LogP contribution in [0.15, 0.2) is 12.3 Å². The maximum absolute atomic E-state index is 9.59. The van der Waals surface area contributed by atoms with Gasteiger partial charge < -0.3 is 16.2 Å². The van der Waals surface area contributed by atoms with Crippen molar-refractivity contribution in [2.24, 2.45) is 0 Å². The van der Waals surface area contributed by atoms with Gasteiger partial charge >= 0.3 is 0 Å². The van der Waals surface area contributed by atoms with Gasteiger partial charge in [-0.3, -0.25) is 0 Å². The average molecular weight is 256 g/mol. The van der Waals surface area contributed by atoms with Gasteiger partial charge in [0, 0.05) is 0 Å². The number of anilines is 2. The van der Waals surface area contributed by atoms with Crippen LogP contribution >= 0.6 is 11.6 Å². The van der Waals surface area contributed by atoms with E-state index in [4.69, 9.17) is 17.3 Å². The Hall–Kier alpha value is -1.00. The molecule has 2 rings (SSSR count). The maximum atomic E-state index is 9.59. The lowest BCUT2D eigenvalue weighted by Gasteiger charge is -2.37. The molecule has 1 aromatic heterocycles. The summed E-state index contributed by atoms with van der Waals surface area (Å²) in [5, 5.41) is 13.4. The highest BCUT2D eigenvalue weighted by Crippen LogP contribution is 2.33. The number of pyridine rings is 1. The fourth-order valence-corrected chi connectivity index (χ4v) is 2.57. The Morgan fingerprint density at radius 3 is 2.71 bits per heavy atom. The van der Waals surface area contributed by atoms with E-state index in [0.717, 1.165) is 25.7 Å². The molecule has 1 heterocycles. The van der Waals surface area contributed by atoms with Crippen molar-refractivity contribution in [3.05, 3.63) is 17.3 Å². The van der Waals surface area contributed by atoms with Crippen LogP contribution in [0, 0.1) is 0 Å². The van der Waals surface area contributed by atoms with Gasteiger partial charge in [0.15, 0.2) is 0 Å². The smallest absolute Gasteiger partial charge is 0.145 e. The summed E-state index contributed by atoms with van der Waals surface area (Å²) in [4.78, 5) is 4.19. The van der Waals surface area contributed by atoms with Crippen molar-refractivity contribution in [3.8, 4) is 0 Å². The number of nitrogens with zero attached hydrogens (tertiary/aromatic N) is 1. The fourth-order valence-electron chi connectivity index (χ4n) is 2.35. The number of hydrogen-bond acceptors (Lipinski definition) is 4. The van der Waals surface area contributed by atoms with Gasteiger partial charge in [-0.2, -0.15) is 0 Å². The predicted octanol–water partition coefficient (Wildman–Crippen LogP) is 2.42. The molecule has 1 saturated carbocycles. The minimum Gasteiger partial charge on any atom is -0.397 e. The molecular formula is C12H18ClN3O. The highest BCUT2D eigenvalue weighted by atomic mass is 35.5. The van der Waals surface area contributed by atoms with Gasteiger partial charge in [0.25, 0.3) is 0 Å². The number of nitrogens with two attached hydrogens (primary N) is 1. The summed E-state index contributed by atoms with van der Waals surface area (Å²) in [6, 6.07) is 1.67. The van der Waals surface area contributed by atoms with E-state index in [-0.39, 0.29) is 12.1 Å². The Bertz CT molecular complexity index is 391. The van der Waals surface area contributed by atoms with Crippen LogP contribution in [0.25, 0.3) is 0 Å². The number of rotatable bonds is 3. The topological polar surface area (TPSA) is 71.2 Å². The maximum Gasteiger partial charge on any atom is 0.145 e. The number of aromatic nitrogens is 1. The van der Waals surface area contributed by atoms with Crippen LogP contribution in [0.5, 0.6) is 0 Å². The van der Waals surface area contributed by atoms with Gasteiger partial charge in [-0.25, -0.2) is 4.98 Å². The van der Waals surface area contributed by atoms with Crippen molar-refractivity contribution in [3.63, 3.8) is 0 Å². The summed E-state index contributed by atoms with van der Waals surface area (Å²) in [5.74, 6) is 0.608. The molecule has 0 bridgehead atoms. The summed E-state index contributed by atoms with van der Waals surface area (Å²) in [6.45, 7) is 0.107. The Morgan fingerprint density at radius 2 is 2.12 bits per heavy atom. The molecule has 0 amide bonds. The molecule has 1 aliphatic carbocycles. The molecule has 0 aromatic carbocycles. The first-order valence-electron chi connectivity index (χ1n) is 5.95. The monoisotopic (exact) mass is 255 g/mol. The third-order valence-electron chi connectivity index (χ3n) is 3.36. The summed E-state index contributed by atoms with van der Waals surface area (Å²) < 4.78 is 0. The summed E-state index contributed by atoms with van der Waals surface area (Å²) in [5.41, 5.74) is 5.87. The lowest BCUT2D eigenvalue weighted by Crippen LogP contribution is -2.44. The van der Waals surface area contributed by atoms with Crippen LogP contribution in [0.1, 0.15) is 32.1 Å². The molecule has 0 radical (unpaired) electrons. The molecule has 0 unspecified atom stereocenters. The van der Waals surface area contributed by atoms with Gasteiger partial charge in [-0.1, -0.05) is 30.9 Å². The van der Waals surface area contributed by atoms with E-state index in [0.29, 0.717) is 16.5 Å². The second-order valence-electron chi connectivity index (χ2n) is 4.72. The molecule has 4 nitrogen and oxygen atoms in total. The third-order valence-corrected chi connectivity index (χ3v) is 3.65. The standard InChI is InChI=1S/C12H18ClN3O/c13-10-6-9(14)7-15-11(10)16-12(8-17)4-2-1-3-5-12/h6-7,17H,1-5,8,14H2,(H,15,16). The minimum absolute atomic E-state index is 0.107. The van der Waals surface area contributed by atoms with Crippen molar-refractivity contribution in [2.75, 3.05) is 17.7 Å². The van der Waals surface area contributed by atoms with Crippen molar-refractivity contribution in [1.29, 1.82) is 0 Å². The van der Waals surface area contributed by atoms with Crippen molar-refractivity contribution in [2.45, 2.75) is 37.6 Å². The highest BCUT2D eigenvalue weighted by Gasteiger charge is 2.32. The molecule has 94 valence electrons. The third kappa shape index (κ3) is 2.82. The Labute approximate surface area is 106 Å². The zero-order valence-electron chi connectivity index (χ0n) is 9.75. The quantitative estimate of drug-likeness (QED) is 0.776. The highest BCUT2D eigenvalue weighted by molar-refractivity contribution is 6.33. The predicted molar refractivity (Wildman–Crippen MR) is 70.2 cm³/mol.